The monoisotopic (exact) mass is 339 g/mol. The lowest BCUT2D eigenvalue weighted by atomic mass is 9.92. The maximum Gasteiger partial charge on any atom is 0.229 e. The highest BCUT2D eigenvalue weighted by molar-refractivity contribution is 5.92. The third-order valence-corrected chi connectivity index (χ3v) is 5.11. The van der Waals surface area contributed by atoms with Gasteiger partial charge in [0.15, 0.2) is 5.76 Å². The number of carbonyl (C=O) groups is 1. The van der Waals surface area contributed by atoms with E-state index in [1.807, 2.05) is 31.0 Å². The number of nitrogens with zero attached hydrogens (tertiary/aromatic N) is 3. The lowest BCUT2D eigenvalue weighted by molar-refractivity contribution is -0.137. The van der Waals surface area contributed by atoms with Crippen molar-refractivity contribution >= 4 is 16.8 Å². The van der Waals surface area contributed by atoms with Crippen molar-refractivity contribution in [2.45, 2.75) is 25.4 Å². The van der Waals surface area contributed by atoms with E-state index in [1.54, 1.807) is 6.07 Å². The molecular formula is C19H21N3O3. The van der Waals surface area contributed by atoms with E-state index in [-0.39, 0.29) is 24.3 Å². The first kappa shape index (κ1) is 15.9. The van der Waals surface area contributed by atoms with Gasteiger partial charge in [0.25, 0.3) is 0 Å². The number of carbonyl (C=O) groups excluding carboxylic acids is 1. The summed E-state index contributed by atoms with van der Waals surface area (Å²) < 4.78 is 7.10. The molecule has 1 amide bonds. The van der Waals surface area contributed by atoms with E-state index in [0.29, 0.717) is 18.8 Å². The first-order valence-corrected chi connectivity index (χ1v) is 8.47. The Morgan fingerprint density at radius 2 is 2.16 bits per heavy atom. The number of likely N-dealkylation sites (tertiary alicyclic amines) is 1. The van der Waals surface area contributed by atoms with Gasteiger partial charge < -0.3 is 19.1 Å². The van der Waals surface area contributed by atoms with Crippen LogP contribution in [0.25, 0.3) is 10.9 Å². The topological polar surface area (TPSA) is 71.5 Å². The SMILES string of the molecule is CC(C(=O)N1CC(c2cc(CO)on2)C1)c1cn(C)c2ccccc12. The molecule has 0 aliphatic carbocycles. The third-order valence-electron chi connectivity index (χ3n) is 5.11. The standard InChI is InChI=1S/C19H21N3O3/c1-12(16-10-21(2)18-6-4-3-5-15(16)18)19(24)22-8-13(9-22)17-7-14(11-23)25-20-17/h3-7,10,12-13,23H,8-9,11H2,1-2H3. The van der Waals surface area contributed by atoms with Crippen LogP contribution < -0.4 is 0 Å². The zero-order valence-corrected chi connectivity index (χ0v) is 14.3. The van der Waals surface area contributed by atoms with E-state index < -0.39 is 0 Å². The molecule has 3 heterocycles. The summed E-state index contributed by atoms with van der Waals surface area (Å²) in [5, 5.41) is 14.2. The van der Waals surface area contributed by atoms with Gasteiger partial charge in [-0.1, -0.05) is 23.4 Å². The van der Waals surface area contributed by atoms with Crippen LogP contribution in [0.3, 0.4) is 0 Å². The average Bonchev–Trinajstić information content (AvgIpc) is 3.18. The van der Waals surface area contributed by atoms with Crippen molar-refractivity contribution in [3.8, 4) is 0 Å². The van der Waals surface area contributed by atoms with E-state index in [2.05, 4.69) is 28.1 Å². The summed E-state index contributed by atoms with van der Waals surface area (Å²) in [5.74, 6) is 0.604. The molecule has 1 atom stereocenters. The van der Waals surface area contributed by atoms with Crippen molar-refractivity contribution < 1.29 is 14.4 Å². The van der Waals surface area contributed by atoms with E-state index in [9.17, 15) is 4.79 Å². The van der Waals surface area contributed by atoms with Crippen LogP contribution in [-0.2, 0) is 18.4 Å². The van der Waals surface area contributed by atoms with Gasteiger partial charge in [0.05, 0.1) is 11.6 Å². The van der Waals surface area contributed by atoms with Crippen molar-refractivity contribution in [3.05, 3.63) is 53.5 Å². The second-order valence-corrected chi connectivity index (χ2v) is 6.75. The number of rotatable bonds is 4. The normalized spacial score (nSPS) is 16.2. The van der Waals surface area contributed by atoms with Crippen molar-refractivity contribution in [1.29, 1.82) is 0 Å². The molecule has 0 bridgehead atoms. The van der Waals surface area contributed by atoms with Gasteiger partial charge in [-0.05, 0) is 18.6 Å². The summed E-state index contributed by atoms with van der Waals surface area (Å²) in [6.45, 7) is 3.11. The molecule has 6 heteroatoms. The maximum absolute atomic E-state index is 12.8. The highest BCUT2D eigenvalue weighted by atomic mass is 16.5. The Morgan fingerprint density at radius 1 is 1.40 bits per heavy atom. The average molecular weight is 339 g/mol. The number of benzene rings is 1. The molecule has 0 saturated carbocycles. The van der Waals surface area contributed by atoms with Crippen LogP contribution in [0.15, 0.2) is 41.1 Å². The van der Waals surface area contributed by atoms with E-state index in [1.165, 1.54) is 0 Å². The van der Waals surface area contributed by atoms with Gasteiger partial charge in [0.2, 0.25) is 5.91 Å². The Bertz CT molecular complexity index is 921. The highest BCUT2D eigenvalue weighted by Crippen LogP contribution is 2.33. The minimum atomic E-state index is -0.183. The van der Waals surface area contributed by atoms with Crippen molar-refractivity contribution in [1.82, 2.24) is 14.6 Å². The predicted molar refractivity (Wildman–Crippen MR) is 93.1 cm³/mol. The number of fused-ring (bicyclic) bond motifs is 1. The number of hydrogen-bond acceptors (Lipinski definition) is 4. The molecule has 1 N–H and O–H groups in total. The van der Waals surface area contributed by atoms with Gasteiger partial charge >= 0.3 is 0 Å². The van der Waals surface area contributed by atoms with Gasteiger partial charge in [0, 0.05) is 49.2 Å². The molecule has 25 heavy (non-hydrogen) atoms. The molecule has 1 aromatic carbocycles. The molecule has 130 valence electrons. The molecule has 6 nitrogen and oxygen atoms in total. The lowest BCUT2D eigenvalue weighted by Gasteiger charge is -2.39. The minimum absolute atomic E-state index is 0.137. The van der Waals surface area contributed by atoms with Crippen molar-refractivity contribution in [2.75, 3.05) is 13.1 Å². The molecule has 1 saturated heterocycles. The smallest absolute Gasteiger partial charge is 0.229 e. The highest BCUT2D eigenvalue weighted by Gasteiger charge is 2.36. The van der Waals surface area contributed by atoms with Gasteiger partial charge in [-0.15, -0.1) is 0 Å². The molecule has 1 unspecified atom stereocenters. The van der Waals surface area contributed by atoms with Gasteiger partial charge in [-0.25, -0.2) is 0 Å². The molecule has 1 aliphatic heterocycles. The van der Waals surface area contributed by atoms with Gasteiger partial charge in [-0.2, -0.15) is 0 Å². The minimum Gasteiger partial charge on any atom is -0.388 e. The number of aryl methyl sites for hydroxylation is 1. The maximum atomic E-state index is 12.8. The predicted octanol–water partition coefficient (Wildman–Crippen LogP) is 2.39. The fourth-order valence-corrected chi connectivity index (χ4v) is 3.57. The molecule has 1 aliphatic rings. The molecule has 0 spiro atoms. The summed E-state index contributed by atoms with van der Waals surface area (Å²) in [6.07, 6.45) is 2.05. The fourth-order valence-electron chi connectivity index (χ4n) is 3.57. The molecular weight excluding hydrogens is 318 g/mol. The summed E-state index contributed by atoms with van der Waals surface area (Å²) in [6, 6.07) is 9.92. The molecule has 4 rings (SSSR count). The molecule has 0 radical (unpaired) electrons. The Kier molecular flexibility index (Phi) is 3.84. The summed E-state index contributed by atoms with van der Waals surface area (Å²) >= 11 is 0. The summed E-state index contributed by atoms with van der Waals surface area (Å²) in [7, 11) is 2.01. The van der Waals surface area contributed by atoms with Crippen LogP contribution in [-0.4, -0.2) is 38.7 Å². The van der Waals surface area contributed by atoms with Crippen molar-refractivity contribution in [2.24, 2.45) is 7.05 Å². The summed E-state index contributed by atoms with van der Waals surface area (Å²) in [4.78, 5) is 14.7. The number of aliphatic hydroxyl groups is 1. The third kappa shape index (κ3) is 2.62. The quantitative estimate of drug-likeness (QED) is 0.792. The van der Waals surface area contributed by atoms with Crippen LogP contribution in [0.4, 0.5) is 0 Å². The van der Waals surface area contributed by atoms with Gasteiger partial charge in [-0.3, -0.25) is 4.79 Å². The van der Waals surface area contributed by atoms with E-state index in [4.69, 9.17) is 9.63 Å². The Morgan fingerprint density at radius 3 is 2.88 bits per heavy atom. The van der Waals surface area contributed by atoms with Crippen LogP contribution in [0, 0.1) is 0 Å². The van der Waals surface area contributed by atoms with Crippen LogP contribution in [0.5, 0.6) is 0 Å². The van der Waals surface area contributed by atoms with Crippen LogP contribution in [0.2, 0.25) is 0 Å². The number of para-hydroxylation sites is 1. The number of aromatic nitrogens is 2. The van der Waals surface area contributed by atoms with E-state index >= 15 is 0 Å². The first-order chi connectivity index (χ1) is 12.1. The number of aliphatic hydroxyl groups excluding tert-OH is 1. The van der Waals surface area contributed by atoms with E-state index in [0.717, 1.165) is 22.2 Å². The van der Waals surface area contributed by atoms with Crippen molar-refractivity contribution in [3.63, 3.8) is 0 Å². The lowest BCUT2D eigenvalue weighted by Crippen LogP contribution is -2.50. The molecule has 1 fully saturated rings. The molecule has 3 aromatic rings. The second-order valence-electron chi connectivity index (χ2n) is 6.75. The van der Waals surface area contributed by atoms with Crippen LogP contribution in [0.1, 0.15) is 35.8 Å². The van der Waals surface area contributed by atoms with Gasteiger partial charge in [0.1, 0.15) is 6.61 Å². The fraction of sp³-hybridized carbons (Fsp3) is 0.368. The number of hydrogen-bond donors (Lipinski definition) is 1. The zero-order chi connectivity index (χ0) is 17.6. The van der Waals surface area contributed by atoms with Crippen LogP contribution >= 0.6 is 0 Å². The number of amides is 1. The first-order valence-electron chi connectivity index (χ1n) is 8.47. The second kappa shape index (κ2) is 6.04. The Hall–Kier alpha value is -2.60. The Balaban J connectivity index is 1.48. The molecule has 2 aromatic heterocycles. The zero-order valence-electron chi connectivity index (χ0n) is 14.3. The largest absolute Gasteiger partial charge is 0.388 e. The Labute approximate surface area is 145 Å². The summed E-state index contributed by atoms with van der Waals surface area (Å²) in [5.41, 5.74) is 3.01.